The Morgan fingerprint density at radius 2 is 2.20 bits per heavy atom. The Kier molecular flexibility index (Phi) is 3.85. The number of carboxylic acids is 1. The van der Waals surface area contributed by atoms with Crippen LogP contribution in [-0.2, 0) is 4.79 Å². The highest BCUT2D eigenvalue weighted by Gasteiger charge is 2.42. The van der Waals surface area contributed by atoms with Crippen LogP contribution in [0.5, 0.6) is 0 Å². The summed E-state index contributed by atoms with van der Waals surface area (Å²) in [7, 11) is 0. The number of hydrogen-bond donors (Lipinski definition) is 2. The van der Waals surface area contributed by atoms with Gasteiger partial charge in [0.2, 0.25) is 0 Å². The van der Waals surface area contributed by atoms with Gasteiger partial charge in [-0.2, -0.15) is 0 Å². The number of carboxylic acid groups (broad SMARTS) is 1. The second kappa shape index (κ2) is 5.28. The van der Waals surface area contributed by atoms with Gasteiger partial charge in [0.25, 0.3) is 0 Å². The van der Waals surface area contributed by atoms with Crippen LogP contribution in [0.15, 0.2) is 18.2 Å². The molecular weight excluding hydrogens is 287 g/mol. The smallest absolute Gasteiger partial charge is 0.321 e. The maximum Gasteiger partial charge on any atom is 0.321 e. The van der Waals surface area contributed by atoms with Crippen LogP contribution in [0.4, 0.5) is 14.9 Å². The fourth-order valence-electron chi connectivity index (χ4n) is 2.10. The molecule has 0 bridgehead atoms. The average molecular weight is 301 g/mol. The zero-order valence-electron chi connectivity index (χ0n) is 10.8. The molecule has 1 unspecified atom stereocenters. The van der Waals surface area contributed by atoms with E-state index < -0.39 is 23.2 Å². The molecule has 2 amide bonds. The Bertz CT molecular complexity index is 567. The van der Waals surface area contributed by atoms with Gasteiger partial charge in [-0.1, -0.05) is 11.6 Å². The Balaban J connectivity index is 2.07. The van der Waals surface area contributed by atoms with E-state index in [0.29, 0.717) is 18.0 Å². The standard InChI is InChI=1S/C13H14ClFN2O3/c1-13(11(18)19)4-5-17(7-13)12(20)16-10-6-8(14)2-3-9(10)15/h2-3,6H,4-5,7H2,1H3,(H,16,20)(H,18,19). The van der Waals surface area contributed by atoms with E-state index in [0.717, 1.165) is 6.07 Å². The number of aliphatic carboxylic acids is 1. The highest BCUT2D eigenvalue weighted by atomic mass is 35.5. The molecule has 0 aromatic heterocycles. The molecule has 0 saturated carbocycles. The van der Waals surface area contributed by atoms with Crippen molar-refractivity contribution >= 4 is 29.3 Å². The number of rotatable bonds is 2. The van der Waals surface area contributed by atoms with Gasteiger partial charge in [-0.3, -0.25) is 4.79 Å². The number of likely N-dealkylation sites (tertiary alicyclic amines) is 1. The van der Waals surface area contributed by atoms with Crippen molar-refractivity contribution in [2.24, 2.45) is 5.41 Å². The van der Waals surface area contributed by atoms with E-state index in [1.165, 1.54) is 17.0 Å². The predicted molar refractivity (Wildman–Crippen MR) is 72.4 cm³/mol. The zero-order chi connectivity index (χ0) is 14.9. The van der Waals surface area contributed by atoms with Crippen LogP contribution < -0.4 is 5.32 Å². The van der Waals surface area contributed by atoms with Crippen molar-refractivity contribution in [3.63, 3.8) is 0 Å². The number of nitrogens with one attached hydrogen (secondary N) is 1. The highest BCUT2D eigenvalue weighted by Crippen LogP contribution is 2.30. The fourth-order valence-corrected chi connectivity index (χ4v) is 2.27. The molecule has 1 heterocycles. The van der Waals surface area contributed by atoms with Gasteiger partial charge >= 0.3 is 12.0 Å². The molecule has 20 heavy (non-hydrogen) atoms. The first-order chi connectivity index (χ1) is 9.32. The molecule has 0 aliphatic carbocycles. The summed E-state index contributed by atoms with van der Waals surface area (Å²) in [6, 6.07) is 3.31. The van der Waals surface area contributed by atoms with Crippen molar-refractivity contribution in [1.29, 1.82) is 0 Å². The first-order valence-electron chi connectivity index (χ1n) is 6.06. The largest absolute Gasteiger partial charge is 0.481 e. The second-order valence-corrected chi connectivity index (χ2v) is 5.53. The fraction of sp³-hybridized carbons (Fsp3) is 0.385. The summed E-state index contributed by atoms with van der Waals surface area (Å²) >= 11 is 5.74. The lowest BCUT2D eigenvalue weighted by atomic mass is 9.90. The lowest BCUT2D eigenvalue weighted by Gasteiger charge is -2.20. The Morgan fingerprint density at radius 3 is 2.80 bits per heavy atom. The second-order valence-electron chi connectivity index (χ2n) is 5.09. The van der Waals surface area contributed by atoms with Gasteiger partial charge in [0.1, 0.15) is 5.82 Å². The molecule has 2 rings (SSSR count). The van der Waals surface area contributed by atoms with Crippen molar-refractivity contribution in [2.45, 2.75) is 13.3 Å². The number of amides is 2. The average Bonchev–Trinajstić information content (AvgIpc) is 2.78. The van der Waals surface area contributed by atoms with Gasteiger partial charge in [-0.05, 0) is 31.5 Å². The molecule has 108 valence electrons. The van der Waals surface area contributed by atoms with E-state index in [9.17, 15) is 14.0 Å². The summed E-state index contributed by atoms with van der Waals surface area (Å²) in [6.45, 7) is 2.00. The van der Waals surface area contributed by atoms with E-state index in [1.54, 1.807) is 6.92 Å². The van der Waals surface area contributed by atoms with E-state index >= 15 is 0 Å². The van der Waals surface area contributed by atoms with Gasteiger partial charge in [0, 0.05) is 18.1 Å². The summed E-state index contributed by atoms with van der Waals surface area (Å²) in [6.07, 6.45) is 0.369. The van der Waals surface area contributed by atoms with E-state index in [1.807, 2.05) is 0 Å². The predicted octanol–water partition coefficient (Wildman–Crippen LogP) is 2.81. The van der Waals surface area contributed by atoms with Gasteiger partial charge in [-0.15, -0.1) is 0 Å². The number of halogens is 2. The van der Waals surface area contributed by atoms with Gasteiger partial charge in [0.15, 0.2) is 0 Å². The lowest BCUT2D eigenvalue weighted by molar-refractivity contribution is -0.146. The normalized spacial score (nSPS) is 21.9. The SMILES string of the molecule is CC1(C(=O)O)CCN(C(=O)Nc2cc(Cl)ccc2F)C1. The maximum atomic E-state index is 13.5. The maximum absolute atomic E-state index is 13.5. The summed E-state index contributed by atoms with van der Waals surface area (Å²) in [5.41, 5.74) is -0.976. The molecule has 1 aromatic carbocycles. The first-order valence-corrected chi connectivity index (χ1v) is 6.44. The van der Waals surface area contributed by atoms with E-state index in [4.69, 9.17) is 16.7 Å². The van der Waals surface area contributed by atoms with Crippen LogP contribution in [0.1, 0.15) is 13.3 Å². The third-order valence-corrected chi connectivity index (χ3v) is 3.68. The molecule has 1 aliphatic rings. The van der Waals surface area contributed by atoms with Crippen LogP contribution >= 0.6 is 11.6 Å². The monoisotopic (exact) mass is 300 g/mol. The number of carbonyl (C=O) groups excluding carboxylic acids is 1. The number of benzene rings is 1. The van der Waals surface area contributed by atoms with E-state index in [-0.39, 0.29) is 12.2 Å². The number of urea groups is 1. The minimum absolute atomic E-state index is 0.0218. The molecular formula is C13H14ClFN2O3. The van der Waals surface area contributed by atoms with Gasteiger partial charge < -0.3 is 15.3 Å². The van der Waals surface area contributed by atoms with Crippen LogP contribution in [-0.4, -0.2) is 35.1 Å². The van der Waals surface area contributed by atoms with E-state index in [2.05, 4.69) is 5.32 Å². The Labute approximate surface area is 120 Å². The molecule has 5 nitrogen and oxygen atoms in total. The molecule has 7 heteroatoms. The minimum Gasteiger partial charge on any atom is -0.481 e. The van der Waals surface area contributed by atoms with Crippen molar-refractivity contribution < 1.29 is 19.1 Å². The number of hydrogen-bond acceptors (Lipinski definition) is 2. The van der Waals surface area contributed by atoms with Crippen molar-refractivity contribution in [3.05, 3.63) is 29.0 Å². The number of nitrogens with zero attached hydrogens (tertiary/aromatic N) is 1. The molecule has 1 aromatic rings. The third-order valence-electron chi connectivity index (χ3n) is 3.45. The molecule has 0 spiro atoms. The zero-order valence-corrected chi connectivity index (χ0v) is 11.6. The van der Waals surface area contributed by atoms with Gasteiger partial charge in [-0.25, -0.2) is 9.18 Å². The molecule has 1 aliphatic heterocycles. The summed E-state index contributed by atoms with van der Waals surface area (Å²) in [5.74, 6) is -1.54. The number of anilines is 1. The van der Waals surface area contributed by atoms with Crippen LogP contribution in [0, 0.1) is 11.2 Å². The van der Waals surface area contributed by atoms with Crippen LogP contribution in [0.25, 0.3) is 0 Å². The topological polar surface area (TPSA) is 69.6 Å². The molecule has 2 N–H and O–H groups in total. The lowest BCUT2D eigenvalue weighted by Crippen LogP contribution is -2.37. The van der Waals surface area contributed by atoms with Crippen molar-refractivity contribution in [2.75, 3.05) is 18.4 Å². The van der Waals surface area contributed by atoms with Crippen molar-refractivity contribution in [3.8, 4) is 0 Å². The van der Waals surface area contributed by atoms with Gasteiger partial charge in [0.05, 0.1) is 11.1 Å². The quantitative estimate of drug-likeness (QED) is 0.882. The minimum atomic E-state index is -0.954. The van der Waals surface area contributed by atoms with Crippen LogP contribution in [0.3, 0.4) is 0 Å². The third kappa shape index (κ3) is 2.85. The molecule has 1 saturated heterocycles. The summed E-state index contributed by atoms with van der Waals surface area (Å²) in [4.78, 5) is 24.5. The summed E-state index contributed by atoms with van der Waals surface area (Å²) < 4.78 is 13.5. The highest BCUT2D eigenvalue weighted by molar-refractivity contribution is 6.30. The molecule has 0 radical (unpaired) electrons. The summed E-state index contributed by atoms with van der Waals surface area (Å²) in [5, 5.41) is 11.8. The molecule has 1 atom stereocenters. The van der Waals surface area contributed by atoms with Crippen LogP contribution in [0.2, 0.25) is 5.02 Å². The molecule has 1 fully saturated rings. The number of carbonyl (C=O) groups is 2. The first kappa shape index (κ1) is 14.6. The van der Waals surface area contributed by atoms with Crippen molar-refractivity contribution in [1.82, 2.24) is 4.90 Å². The Hall–Kier alpha value is -1.82. The Morgan fingerprint density at radius 1 is 1.50 bits per heavy atom.